The monoisotopic (exact) mass is 469 g/mol. The Bertz CT molecular complexity index is 1140. The SMILES string of the molecule is [CH2]CCC[C@@H](COC(=O)Nc1cc2ccccc2cn1)N(NCc1cccc(F)c1F)C(C)=O. The highest BCUT2D eigenvalue weighted by atomic mass is 19.2. The number of fused-ring (bicyclic) bond motifs is 1. The van der Waals surface area contributed by atoms with Gasteiger partial charge in [-0.2, -0.15) is 0 Å². The molecule has 2 N–H and O–H groups in total. The van der Waals surface area contributed by atoms with Crippen LogP contribution in [-0.4, -0.2) is 34.6 Å². The van der Waals surface area contributed by atoms with Crippen molar-refractivity contribution in [1.82, 2.24) is 15.4 Å². The Morgan fingerprint density at radius 1 is 1.15 bits per heavy atom. The third kappa shape index (κ3) is 6.71. The molecule has 0 aliphatic carbocycles. The first-order valence-electron chi connectivity index (χ1n) is 10.9. The number of nitrogens with one attached hydrogen (secondary N) is 2. The van der Waals surface area contributed by atoms with E-state index in [-0.39, 0.29) is 24.6 Å². The summed E-state index contributed by atoms with van der Waals surface area (Å²) in [5.74, 6) is -1.97. The molecule has 3 rings (SSSR count). The largest absolute Gasteiger partial charge is 0.447 e. The normalized spacial score (nSPS) is 11.8. The van der Waals surface area contributed by atoms with Crippen molar-refractivity contribution < 1.29 is 23.1 Å². The third-order valence-electron chi connectivity index (χ3n) is 5.23. The van der Waals surface area contributed by atoms with Gasteiger partial charge >= 0.3 is 6.09 Å². The minimum atomic E-state index is -0.980. The number of ether oxygens (including phenoxy) is 1. The number of aromatic nitrogens is 1. The van der Waals surface area contributed by atoms with Crippen molar-refractivity contribution in [3.8, 4) is 0 Å². The highest BCUT2D eigenvalue weighted by Crippen LogP contribution is 2.17. The van der Waals surface area contributed by atoms with Crippen LogP contribution in [0.15, 0.2) is 54.7 Å². The number of pyridine rings is 1. The van der Waals surface area contributed by atoms with E-state index in [1.165, 1.54) is 24.1 Å². The van der Waals surface area contributed by atoms with Gasteiger partial charge in [0.05, 0.1) is 6.04 Å². The van der Waals surface area contributed by atoms with Crippen molar-refractivity contribution in [3.05, 3.63) is 78.8 Å². The highest BCUT2D eigenvalue weighted by molar-refractivity contribution is 5.89. The zero-order valence-corrected chi connectivity index (χ0v) is 18.9. The summed E-state index contributed by atoms with van der Waals surface area (Å²) in [5.41, 5.74) is 2.91. The van der Waals surface area contributed by atoms with Gasteiger partial charge in [0.15, 0.2) is 11.6 Å². The number of carbonyl (C=O) groups is 2. The predicted octanol–water partition coefficient (Wildman–Crippen LogP) is 4.99. The zero-order valence-electron chi connectivity index (χ0n) is 18.9. The summed E-state index contributed by atoms with van der Waals surface area (Å²) in [5, 5.41) is 5.72. The van der Waals surface area contributed by atoms with Gasteiger partial charge in [0, 0.05) is 30.6 Å². The standard InChI is InChI=1S/C25H27F2N4O3/c1-3-4-11-21(31(17(2)32)29-15-20-10-7-12-22(26)24(20)27)16-34-25(33)30-23-13-18-8-5-6-9-19(18)14-28-23/h5-10,12-14,21,29H,1,3-4,11,15-16H2,2H3,(H,28,30,33)/t21-/m0/s1. The number of halogens is 2. The van der Waals surface area contributed by atoms with E-state index in [0.29, 0.717) is 25.1 Å². The summed E-state index contributed by atoms with van der Waals surface area (Å²) in [4.78, 5) is 28.9. The lowest BCUT2D eigenvalue weighted by Gasteiger charge is -2.31. The van der Waals surface area contributed by atoms with Gasteiger partial charge in [-0.25, -0.2) is 24.0 Å². The van der Waals surface area contributed by atoms with Crippen LogP contribution < -0.4 is 10.7 Å². The highest BCUT2D eigenvalue weighted by Gasteiger charge is 2.23. The van der Waals surface area contributed by atoms with Gasteiger partial charge < -0.3 is 4.74 Å². The quantitative estimate of drug-likeness (QED) is 0.409. The lowest BCUT2D eigenvalue weighted by atomic mass is 10.1. The van der Waals surface area contributed by atoms with Crippen molar-refractivity contribution in [2.75, 3.05) is 11.9 Å². The van der Waals surface area contributed by atoms with E-state index in [2.05, 4.69) is 22.7 Å². The van der Waals surface area contributed by atoms with Crippen molar-refractivity contribution in [3.63, 3.8) is 0 Å². The molecule has 0 saturated carbocycles. The Labute approximate surface area is 197 Å². The number of nitrogens with zero attached hydrogens (tertiary/aromatic N) is 2. The molecule has 1 aromatic heterocycles. The molecule has 179 valence electrons. The second-order valence-corrected chi connectivity index (χ2v) is 7.73. The molecule has 2 aromatic carbocycles. The van der Waals surface area contributed by atoms with Crippen molar-refractivity contribution in [1.29, 1.82) is 0 Å². The molecule has 0 aliphatic heterocycles. The number of carbonyl (C=O) groups excluding carboxylic acids is 2. The molecule has 0 saturated heterocycles. The minimum absolute atomic E-state index is 0.0724. The van der Waals surface area contributed by atoms with Crippen LogP contribution in [0.2, 0.25) is 0 Å². The Balaban J connectivity index is 1.64. The van der Waals surface area contributed by atoms with Crippen LogP contribution in [0, 0.1) is 18.6 Å². The van der Waals surface area contributed by atoms with Gasteiger partial charge in [0.1, 0.15) is 12.4 Å². The van der Waals surface area contributed by atoms with Crippen molar-refractivity contribution in [2.24, 2.45) is 0 Å². The van der Waals surface area contributed by atoms with Crippen LogP contribution in [-0.2, 0) is 16.1 Å². The first-order valence-corrected chi connectivity index (χ1v) is 10.9. The van der Waals surface area contributed by atoms with Crippen LogP contribution in [0.1, 0.15) is 31.7 Å². The summed E-state index contributed by atoms with van der Waals surface area (Å²) in [7, 11) is 0. The Kier molecular flexibility index (Phi) is 8.86. The molecule has 7 nitrogen and oxygen atoms in total. The zero-order chi connectivity index (χ0) is 24.5. The summed E-state index contributed by atoms with van der Waals surface area (Å²) in [6.07, 6.45) is 2.70. The molecule has 1 radical (unpaired) electrons. The Morgan fingerprint density at radius 3 is 2.65 bits per heavy atom. The fraction of sp³-hybridized carbons (Fsp3) is 0.280. The van der Waals surface area contributed by atoms with E-state index < -0.39 is 23.8 Å². The summed E-state index contributed by atoms with van der Waals surface area (Å²) in [6.45, 7) is 4.92. The number of rotatable bonds is 10. The predicted molar refractivity (Wildman–Crippen MR) is 125 cm³/mol. The van der Waals surface area contributed by atoms with E-state index in [1.807, 2.05) is 24.3 Å². The van der Waals surface area contributed by atoms with Crippen molar-refractivity contribution >= 4 is 28.6 Å². The molecule has 1 atom stereocenters. The van der Waals surface area contributed by atoms with Gasteiger partial charge in [-0.3, -0.25) is 15.1 Å². The molecule has 2 amide bonds. The fourth-order valence-corrected chi connectivity index (χ4v) is 3.48. The maximum Gasteiger partial charge on any atom is 0.412 e. The average molecular weight is 470 g/mol. The molecule has 0 spiro atoms. The van der Waals surface area contributed by atoms with E-state index in [0.717, 1.165) is 16.8 Å². The topological polar surface area (TPSA) is 83.6 Å². The number of anilines is 1. The summed E-state index contributed by atoms with van der Waals surface area (Å²) >= 11 is 0. The second-order valence-electron chi connectivity index (χ2n) is 7.73. The number of benzene rings is 2. The number of hydrogen-bond acceptors (Lipinski definition) is 5. The Hall–Kier alpha value is -3.59. The minimum Gasteiger partial charge on any atom is -0.447 e. The number of amides is 2. The van der Waals surface area contributed by atoms with E-state index in [1.54, 1.807) is 12.3 Å². The van der Waals surface area contributed by atoms with Crippen LogP contribution in [0.5, 0.6) is 0 Å². The van der Waals surface area contributed by atoms with Crippen LogP contribution in [0.4, 0.5) is 19.4 Å². The Morgan fingerprint density at radius 2 is 1.91 bits per heavy atom. The van der Waals surface area contributed by atoms with E-state index in [9.17, 15) is 18.4 Å². The van der Waals surface area contributed by atoms with Crippen LogP contribution in [0.25, 0.3) is 10.8 Å². The van der Waals surface area contributed by atoms with Gasteiger partial charge in [0.25, 0.3) is 0 Å². The molecule has 0 fully saturated rings. The molecule has 0 aliphatic rings. The van der Waals surface area contributed by atoms with Gasteiger partial charge in [-0.15, -0.1) is 0 Å². The maximum atomic E-state index is 14.0. The van der Waals surface area contributed by atoms with Crippen molar-refractivity contribution in [2.45, 2.75) is 38.8 Å². The average Bonchev–Trinajstić information content (AvgIpc) is 2.82. The van der Waals surface area contributed by atoms with E-state index in [4.69, 9.17) is 4.74 Å². The number of hydrogen-bond donors (Lipinski definition) is 2. The smallest absolute Gasteiger partial charge is 0.412 e. The fourth-order valence-electron chi connectivity index (χ4n) is 3.48. The molecular weight excluding hydrogens is 442 g/mol. The van der Waals surface area contributed by atoms with Gasteiger partial charge in [-0.1, -0.05) is 56.2 Å². The molecule has 34 heavy (non-hydrogen) atoms. The van der Waals surface area contributed by atoms with Gasteiger partial charge in [-0.05, 0) is 23.9 Å². The van der Waals surface area contributed by atoms with Crippen LogP contribution >= 0.6 is 0 Å². The molecule has 0 bridgehead atoms. The van der Waals surface area contributed by atoms with Gasteiger partial charge in [0.2, 0.25) is 5.91 Å². The summed E-state index contributed by atoms with van der Waals surface area (Å²) < 4.78 is 32.9. The first kappa shape index (κ1) is 25.0. The number of hydrazine groups is 1. The first-order chi connectivity index (χ1) is 16.4. The molecule has 3 aromatic rings. The lowest BCUT2D eigenvalue weighted by Crippen LogP contribution is -2.50. The number of unbranched alkanes of at least 4 members (excludes halogenated alkanes) is 1. The molecule has 1 heterocycles. The second kappa shape index (κ2) is 12.0. The molecular formula is C25H27F2N4O3. The van der Waals surface area contributed by atoms with Crippen LogP contribution in [0.3, 0.4) is 0 Å². The third-order valence-corrected chi connectivity index (χ3v) is 5.23. The molecule has 9 heteroatoms. The summed E-state index contributed by atoms with van der Waals surface area (Å²) in [6, 6.07) is 12.6. The maximum absolute atomic E-state index is 14.0. The molecule has 0 unspecified atom stereocenters. The van der Waals surface area contributed by atoms with E-state index >= 15 is 0 Å². The lowest BCUT2D eigenvalue weighted by molar-refractivity contribution is -0.136.